The van der Waals surface area contributed by atoms with Gasteiger partial charge in [-0.05, 0) is 30.7 Å². The Hall–Kier alpha value is -1.14. The first kappa shape index (κ1) is 15.3. The highest BCUT2D eigenvalue weighted by molar-refractivity contribution is 8.00. The van der Waals surface area contributed by atoms with E-state index in [4.69, 9.17) is 0 Å². The number of aryl methyl sites for hydroxylation is 1. The number of rotatable bonds is 5. The van der Waals surface area contributed by atoms with Crippen LogP contribution in [-0.2, 0) is 9.59 Å². The number of nitrogens with one attached hydrogen (secondary N) is 1. The highest BCUT2D eigenvalue weighted by Crippen LogP contribution is 2.29. The number of benzene rings is 1. The van der Waals surface area contributed by atoms with Crippen LogP contribution in [0, 0.1) is 6.92 Å². The lowest BCUT2D eigenvalue weighted by Gasteiger charge is -2.24. The average molecular weight is 311 g/mol. The van der Waals surface area contributed by atoms with Crippen LogP contribution in [-0.4, -0.2) is 39.8 Å². The molecule has 6 heteroatoms. The summed E-state index contributed by atoms with van der Waals surface area (Å²) >= 11 is 3.00. The third-order valence-corrected chi connectivity index (χ3v) is 5.63. The third-order valence-electron chi connectivity index (χ3n) is 3.26. The minimum absolute atomic E-state index is 0.219. The fraction of sp³-hybridized carbons (Fsp3) is 0.429. The Balaban J connectivity index is 1.92. The van der Waals surface area contributed by atoms with Gasteiger partial charge in [0.15, 0.2) is 0 Å². The molecule has 1 aliphatic rings. The molecule has 1 aliphatic heterocycles. The number of carbonyl (C=O) groups is 2. The Morgan fingerprint density at radius 3 is 2.80 bits per heavy atom. The van der Waals surface area contributed by atoms with Gasteiger partial charge in [-0.15, -0.1) is 11.8 Å². The molecule has 1 fully saturated rings. The maximum atomic E-state index is 12.0. The van der Waals surface area contributed by atoms with E-state index in [2.05, 4.69) is 5.32 Å². The topological polar surface area (TPSA) is 66.4 Å². The molecule has 1 saturated heterocycles. The maximum absolute atomic E-state index is 12.0. The molecule has 1 heterocycles. The Kier molecular flexibility index (Phi) is 4.99. The van der Waals surface area contributed by atoms with Crippen LogP contribution in [0.5, 0.6) is 0 Å². The van der Waals surface area contributed by atoms with Crippen LogP contribution in [0.1, 0.15) is 12.0 Å². The monoisotopic (exact) mass is 311 g/mol. The molecule has 1 atom stereocenters. The van der Waals surface area contributed by atoms with Crippen LogP contribution in [0.3, 0.4) is 0 Å². The van der Waals surface area contributed by atoms with Crippen LogP contribution >= 0.6 is 23.5 Å². The fourth-order valence-corrected chi connectivity index (χ4v) is 4.21. The SMILES string of the molecule is Cc1ccccc1SCC(=O)NC1(C(=O)O)CCSC1. The lowest BCUT2D eigenvalue weighted by Crippen LogP contribution is -2.55. The predicted molar refractivity (Wildman–Crippen MR) is 82.4 cm³/mol. The zero-order valence-corrected chi connectivity index (χ0v) is 12.9. The van der Waals surface area contributed by atoms with E-state index in [0.717, 1.165) is 16.2 Å². The van der Waals surface area contributed by atoms with E-state index in [1.54, 1.807) is 11.8 Å². The highest BCUT2D eigenvalue weighted by Gasteiger charge is 2.43. The van der Waals surface area contributed by atoms with Gasteiger partial charge < -0.3 is 10.4 Å². The Labute approximate surface area is 126 Å². The van der Waals surface area contributed by atoms with Gasteiger partial charge in [0.1, 0.15) is 5.54 Å². The molecule has 1 aromatic carbocycles. The van der Waals surface area contributed by atoms with Crippen molar-refractivity contribution < 1.29 is 14.7 Å². The van der Waals surface area contributed by atoms with Crippen LogP contribution in [0.25, 0.3) is 0 Å². The summed E-state index contributed by atoms with van der Waals surface area (Å²) in [5, 5.41) is 12.0. The van der Waals surface area contributed by atoms with E-state index in [1.807, 2.05) is 31.2 Å². The summed E-state index contributed by atoms with van der Waals surface area (Å²) in [5.41, 5.74) is 0.0447. The van der Waals surface area contributed by atoms with Crippen LogP contribution < -0.4 is 5.32 Å². The summed E-state index contributed by atoms with van der Waals surface area (Å²) in [6, 6.07) is 7.84. The molecule has 0 aliphatic carbocycles. The van der Waals surface area contributed by atoms with Crippen molar-refractivity contribution in [3.63, 3.8) is 0 Å². The second kappa shape index (κ2) is 6.54. The van der Waals surface area contributed by atoms with Gasteiger partial charge in [0, 0.05) is 10.6 Å². The lowest BCUT2D eigenvalue weighted by atomic mass is 9.99. The Morgan fingerprint density at radius 2 is 2.20 bits per heavy atom. The second-order valence-corrected chi connectivity index (χ2v) is 6.91. The van der Waals surface area contributed by atoms with Crippen molar-refractivity contribution >= 4 is 35.4 Å². The summed E-state index contributed by atoms with van der Waals surface area (Å²) in [7, 11) is 0. The van der Waals surface area contributed by atoms with Gasteiger partial charge >= 0.3 is 5.97 Å². The second-order valence-electron chi connectivity index (χ2n) is 4.79. The zero-order valence-electron chi connectivity index (χ0n) is 11.2. The molecule has 1 aromatic rings. The molecule has 0 aromatic heterocycles. The summed E-state index contributed by atoms with van der Waals surface area (Å²) in [4.78, 5) is 24.4. The van der Waals surface area contributed by atoms with Crippen LogP contribution in [0.2, 0.25) is 0 Å². The van der Waals surface area contributed by atoms with E-state index in [-0.39, 0.29) is 11.7 Å². The van der Waals surface area contributed by atoms with Gasteiger partial charge in [0.2, 0.25) is 5.91 Å². The quantitative estimate of drug-likeness (QED) is 0.816. The maximum Gasteiger partial charge on any atom is 0.330 e. The van der Waals surface area contributed by atoms with E-state index >= 15 is 0 Å². The first-order valence-corrected chi connectivity index (χ1v) is 8.48. The van der Waals surface area contributed by atoms with Crippen LogP contribution in [0.15, 0.2) is 29.2 Å². The number of carboxylic acid groups (broad SMARTS) is 1. The number of hydrogen-bond donors (Lipinski definition) is 2. The summed E-state index contributed by atoms with van der Waals surface area (Å²) < 4.78 is 0. The molecule has 20 heavy (non-hydrogen) atoms. The predicted octanol–water partition coefficient (Wildman–Crippen LogP) is 2.16. The molecule has 0 spiro atoms. The lowest BCUT2D eigenvalue weighted by molar-refractivity contribution is -0.146. The number of thioether (sulfide) groups is 2. The molecule has 108 valence electrons. The first-order chi connectivity index (χ1) is 9.53. The van der Waals surface area contributed by atoms with E-state index in [1.165, 1.54) is 11.8 Å². The van der Waals surface area contributed by atoms with Gasteiger partial charge in [-0.3, -0.25) is 4.79 Å². The van der Waals surface area contributed by atoms with Crippen molar-refractivity contribution in [2.75, 3.05) is 17.3 Å². The molecule has 1 unspecified atom stereocenters. The largest absolute Gasteiger partial charge is 0.479 e. The standard InChI is InChI=1S/C14H17NO3S2/c1-10-4-2-3-5-11(10)20-8-12(16)15-14(13(17)18)6-7-19-9-14/h2-5H,6-9H2,1H3,(H,15,16)(H,17,18). The van der Waals surface area contributed by atoms with Crippen molar-refractivity contribution in [1.82, 2.24) is 5.32 Å². The Morgan fingerprint density at radius 1 is 1.45 bits per heavy atom. The zero-order chi connectivity index (χ0) is 14.6. The summed E-state index contributed by atoms with van der Waals surface area (Å²) in [6.07, 6.45) is 0.494. The fourth-order valence-electron chi connectivity index (χ4n) is 2.05. The van der Waals surface area contributed by atoms with E-state index < -0.39 is 11.5 Å². The summed E-state index contributed by atoms with van der Waals surface area (Å²) in [6.45, 7) is 1.99. The number of carbonyl (C=O) groups excluding carboxylic acids is 1. The molecule has 1 amide bonds. The van der Waals surface area contributed by atoms with E-state index in [0.29, 0.717) is 12.2 Å². The number of hydrogen-bond acceptors (Lipinski definition) is 4. The normalized spacial score (nSPS) is 21.6. The Bertz CT molecular complexity index is 513. The molecule has 0 bridgehead atoms. The van der Waals surface area contributed by atoms with Crippen molar-refractivity contribution in [3.8, 4) is 0 Å². The van der Waals surface area contributed by atoms with Gasteiger partial charge in [-0.2, -0.15) is 11.8 Å². The minimum atomic E-state index is -1.08. The third kappa shape index (κ3) is 3.49. The molecule has 2 N–H and O–H groups in total. The van der Waals surface area contributed by atoms with Crippen molar-refractivity contribution in [2.24, 2.45) is 0 Å². The average Bonchev–Trinajstić information content (AvgIpc) is 2.88. The molecule has 0 saturated carbocycles. The first-order valence-electron chi connectivity index (χ1n) is 6.34. The van der Waals surface area contributed by atoms with Crippen molar-refractivity contribution in [3.05, 3.63) is 29.8 Å². The van der Waals surface area contributed by atoms with Gasteiger partial charge in [0.05, 0.1) is 5.75 Å². The van der Waals surface area contributed by atoms with Crippen LogP contribution in [0.4, 0.5) is 0 Å². The molecular weight excluding hydrogens is 294 g/mol. The summed E-state index contributed by atoms with van der Waals surface area (Å²) in [5.74, 6) is 0.311. The minimum Gasteiger partial charge on any atom is -0.479 e. The van der Waals surface area contributed by atoms with Gasteiger partial charge in [-0.25, -0.2) is 4.79 Å². The number of aliphatic carboxylic acids is 1. The van der Waals surface area contributed by atoms with Crippen molar-refractivity contribution in [2.45, 2.75) is 23.8 Å². The van der Waals surface area contributed by atoms with Gasteiger partial charge in [-0.1, -0.05) is 18.2 Å². The highest BCUT2D eigenvalue weighted by atomic mass is 32.2. The number of carboxylic acids is 1. The molecule has 0 radical (unpaired) electrons. The van der Waals surface area contributed by atoms with E-state index in [9.17, 15) is 14.7 Å². The molecule has 2 rings (SSSR count). The molecular formula is C14H17NO3S2. The van der Waals surface area contributed by atoms with Crippen molar-refractivity contribution in [1.29, 1.82) is 0 Å². The smallest absolute Gasteiger partial charge is 0.330 e. The number of amides is 1. The molecule has 4 nitrogen and oxygen atoms in total. The van der Waals surface area contributed by atoms with Gasteiger partial charge in [0.25, 0.3) is 0 Å².